The Balaban J connectivity index is 1.76. The molecule has 0 aliphatic rings. The van der Waals surface area contributed by atoms with Crippen LogP contribution >= 0.6 is 11.3 Å². The monoisotopic (exact) mass is 291 g/mol. The molecule has 3 nitrogen and oxygen atoms in total. The first-order chi connectivity index (χ1) is 9.79. The van der Waals surface area contributed by atoms with E-state index in [9.17, 15) is 5.11 Å². The van der Waals surface area contributed by atoms with Gasteiger partial charge in [0.05, 0.1) is 12.7 Å². The molecule has 108 valence electrons. The van der Waals surface area contributed by atoms with Crippen molar-refractivity contribution in [3.8, 4) is 11.1 Å². The normalized spacial score (nSPS) is 12.5. The Hall–Kier alpha value is -1.20. The molecule has 2 rings (SSSR count). The molecule has 0 amide bonds. The van der Waals surface area contributed by atoms with E-state index in [4.69, 9.17) is 4.74 Å². The minimum atomic E-state index is -0.379. The number of hydrogen-bond donors (Lipinski definition) is 2. The zero-order chi connectivity index (χ0) is 14.2. The summed E-state index contributed by atoms with van der Waals surface area (Å²) >= 11 is 1.76. The van der Waals surface area contributed by atoms with E-state index in [1.807, 2.05) is 6.07 Å². The molecule has 0 saturated carbocycles. The number of ether oxygens (including phenoxy) is 1. The van der Waals surface area contributed by atoms with Crippen molar-refractivity contribution in [3.05, 3.63) is 46.7 Å². The van der Waals surface area contributed by atoms with Crippen LogP contribution in [-0.4, -0.2) is 31.5 Å². The molecule has 2 aromatic rings. The van der Waals surface area contributed by atoms with Gasteiger partial charge in [-0.25, -0.2) is 0 Å². The lowest BCUT2D eigenvalue weighted by molar-refractivity contribution is 0.0594. The number of thiophene rings is 1. The summed E-state index contributed by atoms with van der Waals surface area (Å²) < 4.78 is 4.90. The molecule has 2 N–H and O–H groups in total. The third-order valence-electron chi connectivity index (χ3n) is 3.07. The molecule has 1 atom stereocenters. The van der Waals surface area contributed by atoms with Crippen LogP contribution in [0.15, 0.2) is 41.8 Å². The number of rotatable bonds is 8. The van der Waals surface area contributed by atoms with Gasteiger partial charge in [-0.3, -0.25) is 0 Å². The first kappa shape index (κ1) is 15.2. The van der Waals surface area contributed by atoms with Crippen molar-refractivity contribution >= 4 is 11.3 Å². The van der Waals surface area contributed by atoms with Crippen molar-refractivity contribution in [3.63, 3.8) is 0 Å². The standard InChI is InChI=1S/C16H21NO2S/c1-19-11-15(18)7-8-17-10-16-9-14(12-20-16)13-5-3-2-4-6-13/h2-6,9,12,15,17-18H,7-8,10-11H2,1H3. The topological polar surface area (TPSA) is 41.5 Å². The van der Waals surface area contributed by atoms with Crippen LogP contribution < -0.4 is 5.32 Å². The van der Waals surface area contributed by atoms with Gasteiger partial charge in [0, 0.05) is 18.5 Å². The van der Waals surface area contributed by atoms with Crippen molar-refractivity contribution in [2.75, 3.05) is 20.3 Å². The summed E-state index contributed by atoms with van der Waals surface area (Å²) in [7, 11) is 1.60. The molecule has 0 spiro atoms. The molecule has 0 radical (unpaired) electrons. The number of aliphatic hydroxyl groups excluding tert-OH is 1. The second-order valence-corrected chi connectivity index (χ2v) is 5.74. The van der Waals surface area contributed by atoms with Crippen LogP contribution in [0, 0.1) is 0 Å². The van der Waals surface area contributed by atoms with Crippen LogP contribution in [0.1, 0.15) is 11.3 Å². The minimum absolute atomic E-state index is 0.379. The summed E-state index contributed by atoms with van der Waals surface area (Å²) in [5, 5.41) is 15.1. The van der Waals surface area contributed by atoms with Gasteiger partial charge >= 0.3 is 0 Å². The van der Waals surface area contributed by atoms with Crippen LogP contribution in [0.2, 0.25) is 0 Å². The van der Waals surface area contributed by atoms with Crippen LogP contribution in [0.3, 0.4) is 0 Å². The zero-order valence-electron chi connectivity index (χ0n) is 11.7. The summed E-state index contributed by atoms with van der Waals surface area (Å²) in [5.41, 5.74) is 2.53. The Morgan fingerprint density at radius 3 is 2.80 bits per heavy atom. The van der Waals surface area contributed by atoms with Gasteiger partial charge in [-0.05, 0) is 35.5 Å². The highest BCUT2D eigenvalue weighted by Crippen LogP contribution is 2.25. The maximum atomic E-state index is 9.54. The first-order valence-electron chi connectivity index (χ1n) is 6.80. The van der Waals surface area contributed by atoms with Crippen molar-refractivity contribution < 1.29 is 9.84 Å². The van der Waals surface area contributed by atoms with Crippen LogP contribution in [0.5, 0.6) is 0 Å². The second kappa shape index (κ2) is 8.17. The molecule has 4 heteroatoms. The van der Waals surface area contributed by atoms with Crippen molar-refractivity contribution in [2.24, 2.45) is 0 Å². The average molecular weight is 291 g/mol. The molecular formula is C16H21NO2S. The van der Waals surface area contributed by atoms with E-state index in [0.29, 0.717) is 13.0 Å². The van der Waals surface area contributed by atoms with E-state index < -0.39 is 0 Å². The average Bonchev–Trinajstić information content (AvgIpc) is 2.94. The first-order valence-corrected chi connectivity index (χ1v) is 7.68. The fraction of sp³-hybridized carbons (Fsp3) is 0.375. The molecule has 0 aliphatic heterocycles. The minimum Gasteiger partial charge on any atom is -0.391 e. The highest BCUT2D eigenvalue weighted by Gasteiger charge is 2.04. The molecule has 20 heavy (non-hydrogen) atoms. The highest BCUT2D eigenvalue weighted by atomic mass is 32.1. The fourth-order valence-electron chi connectivity index (χ4n) is 2.01. The zero-order valence-corrected chi connectivity index (χ0v) is 12.5. The van der Waals surface area contributed by atoms with E-state index in [2.05, 4.69) is 41.0 Å². The number of methoxy groups -OCH3 is 1. The molecule has 0 aliphatic carbocycles. The highest BCUT2D eigenvalue weighted by molar-refractivity contribution is 7.10. The van der Waals surface area contributed by atoms with Gasteiger partial charge in [0.2, 0.25) is 0 Å². The molecule has 0 saturated heterocycles. The Bertz CT molecular complexity index is 498. The quantitative estimate of drug-likeness (QED) is 0.735. The Morgan fingerprint density at radius 1 is 1.25 bits per heavy atom. The second-order valence-electron chi connectivity index (χ2n) is 4.74. The van der Waals surface area contributed by atoms with Crippen LogP contribution in [0.4, 0.5) is 0 Å². The number of hydrogen-bond acceptors (Lipinski definition) is 4. The lowest BCUT2D eigenvalue weighted by Crippen LogP contribution is -2.22. The third kappa shape index (κ3) is 4.72. The molecule has 1 aromatic carbocycles. The van der Waals surface area contributed by atoms with Gasteiger partial charge in [-0.2, -0.15) is 0 Å². The number of aliphatic hydroxyl groups is 1. The fourth-order valence-corrected chi connectivity index (χ4v) is 2.87. The summed E-state index contributed by atoms with van der Waals surface area (Å²) in [6.45, 7) is 2.04. The Kier molecular flexibility index (Phi) is 6.21. The van der Waals surface area contributed by atoms with E-state index in [1.54, 1.807) is 18.4 Å². The third-order valence-corrected chi connectivity index (χ3v) is 4.01. The van der Waals surface area contributed by atoms with Gasteiger partial charge < -0.3 is 15.2 Å². The largest absolute Gasteiger partial charge is 0.391 e. The van der Waals surface area contributed by atoms with Gasteiger partial charge in [-0.15, -0.1) is 11.3 Å². The van der Waals surface area contributed by atoms with Gasteiger partial charge in [0.15, 0.2) is 0 Å². The molecule has 0 fully saturated rings. The molecule has 1 unspecified atom stereocenters. The summed E-state index contributed by atoms with van der Waals surface area (Å²) in [4.78, 5) is 1.31. The number of benzene rings is 1. The molecular weight excluding hydrogens is 270 g/mol. The van der Waals surface area contributed by atoms with E-state index >= 15 is 0 Å². The lowest BCUT2D eigenvalue weighted by Gasteiger charge is -2.09. The van der Waals surface area contributed by atoms with Crippen molar-refractivity contribution in [2.45, 2.75) is 19.1 Å². The van der Waals surface area contributed by atoms with E-state index in [0.717, 1.165) is 13.1 Å². The molecule has 1 heterocycles. The molecule has 1 aromatic heterocycles. The Labute approximate surface area is 124 Å². The maximum Gasteiger partial charge on any atom is 0.0785 e. The van der Waals surface area contributed by atoms with Crippen LogP contribution in [0.25, 0.3) is 11.1 Å². The SMILES string of the molecule is COCC(O)CCNCc1cc(-c2ccccc2)cs1. The van der Waals surface area contributed by atoms with Gasteiger partial charge in [-0.1, -0.05) is 30.3 Å². The summed E-state index contributed by atoms with van der Waals surface area (Å²) in [6, 6.07) is 12.6. The predicted molar refractivity (Wildman–Crippen MR) is 84.0 cm³/mol. The predicted octanol–water partition coefficient (Wildman–Crippen LogP) is 2.90. The molecule has 0 bridgehead atoms. The van der Waals surface area contributed by atoms with Crippen LogP contribution in [-0.2, 0) is 11.3 Å². The van der Waals surface area contributed by atoms with E-state index in [1.165, 1.54) is 16.0 Å². The smallest absolute Gasteiger partial charge is 0.0785 e. The maximum absolute atomic E-state index is 9.54. The lowest BCUT2D eigenvalue weighted by atomic mass is 10.1. The number of nitrogens with one attached hydrogen (secondary N) is 1. The summed E-state index contributed by atoms with van der Waals surface area (Å²) in [6.07, 6.45) is 0.334. The Morgan fingerprint density at radius 2 is 2.05 bits per heavy atom. The van der Waals surface area contributed by atoms with Crippen molar-refractivity contribution in [1.29, 1.82) is 0 Å². The van der Waals surface area contributed by atoms with Gasteiger partial charge in [0.1, 0.15) is 0 Å². The van der Waals surface area contributed by atoms with Crippen molar-refractivity contribution in [1.82, 2.24) is 5.32 Å². The van der Waals surface area contributed by atoms with E-state index in [-0.39, 0.29) is 6.10 Å². The van der Waals surface area contributed by atoms with Gasteiger partial charge in [0.25, 0.3) is 0 Å². The summed E-state index contributed by atoms with van der Waals surface area (Å²) in [5.74, 6) is 0.